The van der Waals surface area contributed by atoms with Gasteiger partial charge in [-0.2, -0.15) is 0 Å². The molecule has 34 heavy (non-hydrogen) atoms. The van der Waals surface area contributed by atoms with E-state index in [0.717, 1.165) is 22.3 Å². The van der Waals surface area contributed by atoms with E-state index >= 15 is 0 Å². The monoisotopic (exact) mass is 468 g/mol. The molecule has 0 spiro atoms. The van der Waals surface area contributed by atoms with Crippen molar-refractivity contribution < 1.29 is 33.7 Å². The Kier molecular flexibility index (Phi) is 7.14. The zero-order valence-corrected chi connectivity index (χ0v) is 18.9. The number of carbonyl (C=O) groups excluding carboxylic acids is 2. The van der Waals surface area contributed by atoms with Gasteiger partial charge in [-0.15, -0.1) is 0 Å². The first-order valence-electron chi connectivity index (χ1n) is 11.2. The summed E-state index contributed by atoms with van der Waals surface area (Å²) in [6.45, 7) is 1.95. The third-order valence-electron chi connectivity index (χ3n) is 6.37. The molecule has 180 valence electrons. The highest BCUT2D eigenvalue weighted by molar-refractivity contribution is 5.81. The molecule has 4 rings (SSSR count). The summed E-state index contributed by atoms with van der Waals surface area (Å²) in [6, 6.07) is 15.6. The Balaban J connectivity index is 1.16. The van der Waals surface area contributed by atoms with Crippen LogP contribution in [-0.2, 0) is 23.8 Å². The van der Waals surface area contributed by atoms with Crippen molar-refractivity contribution in [1.29, 1.82) is 0 Å². The van der Waals surface area contributed by atoms with Crippen LogP contribution in [0.25, 0.3) is 11.1 Å². The molecule has 0 saturated carbocycles. The summed E-state index contributed by atoms with van der Waals surface area (Å²) in [5.41, 5.74) is 3.43. The second-order valence-electron chi connectivity index (χ2n) is 8.66. The topological polar surface area (TPSA) is 123 Å². The number of alkyl carbamates (subject to hydrolysis) is 1. The van der Waals surface area contributed by atoms with Crippen LogP contribution >= 0.6 is 0 Å². The van der Waals surface area contributed by atoms with Gasteiger partial charge in [0.05, 0.1) is 25.9 Å². The number of hydrogen-bond donors (Lipinski definition) is 3. The Morgan fingerprint density at radius 1 is 1.09 bits per heavy atom. The van der Waals surface area contributed by atoms with Crippen LogP contribution < -0.4 is 10.6 Å². The van der Waals surface area contributed by atoms with Gasteiger partial charge in [-0.25, -0.2) is 4.79 Å². The lowest BCUT2D eigenvalue weighted by molar-refractivity contribution is -0.149. The molecular formula is C25H28N2O7. The quantitative estimate of drug-likeness (QED) is 0.482. The fraction of sp³-hybridized carbons (Fsp3) is 0.400. The summed E-state index contributed by atoms with van der Waals surface area (Å²) < 4.78 is 15.9. The van der Waals surface area contributed by atoms with Gasteiger partial charge < -0.3 is 30.0 Å². The van der Waals surface area contributed by atoms with Crippen LogP contribution in [0.5, 0.6) is 0 Å². The van der Waals surface area contributed by atoms with E-state index in [1.54, 1.807) is 0 Å². The number of carboxylic acids is 1. The van der Waals surface area contributed by atoms with E-state index in [0.29, 0.717) is 0 Å². The third kappa shape index (κ3) is 4.90. The predicted octanol–water partition coefficient (Wildman–Crippen LogP) is 2.15. The van der Waals surface area contributed by atoms with Crippen LogP contribution in [0.2, 0.25) is 0 Å². The van der Waals surface area contributed by atoms with Crippen molar-refractivity contribution in [2.75, 3.05) is 39.6 Å². The number of carbonyl (C=O) groups is 3. The minimum absolute atomic E-state index is 0.0193. The van der Waals surface area contributed by atoms with Gasteiger partial charge >= 0.3 is 12.1 Å². The van der Waals surface area contributed by atoms with E-state index in [1.807, 2.05) is 24.3 Å². The molecule has 1 heterocycles. The lowest BCUT2D eigenvalue weighted by Crippen LogP contribution is -2.50. The van der Waals surface area contributed by atoms with Crippen LogP contribution in [0.15, 0.2) is 48.5 Å². The summed E-state index contributed by atoms with van der Waals surface area (Å²) in [6.07, 6.45) is -0.560. The van der Waals surface area contributed by atoms with Crippen LogP contribution in [0.3, 0.4) is 0 Å². The van der Waals surface area contributed by atoms with E-state index in [9.17, 15) is 19.5 Å². The number of ether oxygens (including phenoxy) is 3. The van der Waals surface area contributed by atoms with E-state index < -0.39 is 29.4 Å². The van der Waals surface area contributed by atoms with Crippen LogP contribution in [0.4, 0.5) is 4.79 Å². The minimum atomic E-state index is -1.17. The Labute approximate surface area is 197 Å². The maximum Gasteiger partial charge on any atom is 0.407 e. The zero-order chi connectivity index (χ0) is 24.1. The molecule has 0 bridgehead atoms. The number of carboxylic acid groups (broad SMARTS) is 1. The highest BCUT2D eigenvalue weighted by Gasteiger charge is 2.47. The fourth-order valence-corrected chi connectivity index (χ4v) is 4.36. The largest absolute Gasteiger partial charge is 0.481 e. The molecule has 1 saturated heterocycles. The molecule has 1 aliphatic heterocycles. The molecule has 2 amide bonds. The Hall–Kier alpha value is -3.43. The average Bonchev–Trinajstić information content (AvgIpc) is 3.36. The summed E-state index contributed by atoms with van der Waals surface area (Å²) in [7, 11) is 0. The summed E-state index contributed by atoms with van der Waals surface area (Å²) in [4.78, 5) is 35.6. The van der Waals surface area contributed by atoms with Gasteiger partial charge in [0.15, 0.2) is 0 Å². The molecule has 3 N–H and O–H groups in total. The van der Waals surface area contributed by atoms with Crippen molar-refractivity contribution in [3.05, 3.63) is 59.7 Å². The first-order chi connectivity index (χ1) is 16.4. The average molecular weight is 469 g/mol. The highest BCUT2D eigenvalue weighted by Crippen LogP contribution is 2.44. The van der Waals surface area contributed by atoms with Crippen molar-refractivity contribution in [2.45, 2.75) is 18.9 Å². The number of rotatable bonds is 9. The van der Waals surface area contributed by atoms with Gasteiger partial charge in [-0.1, -0.05) is 48.5 Å². The summed E-state index contributed by atoms with van der Waals surface area (Å²) in [5, 5.41) is 14.6. The van der Waals surface area contributed by atoms with Gasteiger partial charge in [0.2, 0.25) is 5.91 Å². The molecule has 0 aromatic heterocycles. The number of hydrogen-bond acceptors (Lipinski definition) is 6. The number of nitrogens with one attached hydrogen (secondary N) is 2. The smallest absolute Gasteiger partial charge is 0.407 e. The molecule has 0 radical (unpaired) electrons. The second-order valence-corrected chi connectivity index (χ2v) is 8.66. The van der Waals surface area contributed by atoms with Crippen molar-refractivity contribution in [3.8, 4) is 11.1 Å². The molecule has 1 fully saturated rings. The van der Waals surface area contributed by atoms with Crippen LogP contribution in [-0.4, -0.2) is 68.7 Å². The SMILES string of the molecule is CC1(C(=O)O)COCC1NC(=O)COCCNC(=O)OCC1c2ccccc2-c2ccccc21. The summed E-state index contributed by atoms with van der Waals surface area (Å²) >= 11 is 0. The van der Waals surface area contributed by atoms with Gasteiger partial charge in [-0.3, -0.25) is 9.59 Å². The molecule has 2 aromatic rings. The molecule has 2 atom stereocenters. The number of aliphatic carboxylic acids is 1. The molecular weight excluding hydrogens is 440 g/mol. The van der Waals surface area contributed by atoms with Crippen molar-refractivity contribution >= 4 is 18.0 Å². The van der Waals surface area contributed by atoms with Gasteiger partial charge in [-0.05, 0) is 29.2 Å². The van der Waals surface area contributed by atoms with E-state index in [-0.39, 0.29) is 45.5 Å². The molecule has 9 nitrogen and oxygen atoms in total. The molecule has 2 aromatic carbocycles. The van der Waals surface area contributed by atoms with Crippen LogP contribution in [0.1, 0.15) is 24.0 Å². The number of benzene rings is 2. The van der Waals surface area contributed by atoms with Gasteiger partial charge in [0, 0.05) is 12.5 Å². The predicted molar refractivity (Wildman–Crippen MR) is 122 cm³/mol. The Morgan fingerprint density at radius 3 is 2.38 bits per heavy atom. The van der Waals surface area contributed by atoms with Gasteiger partial charge in [0.25, 0.3) is 0 Å². The highest BCUT2D eigenvalue weighted by atomic mass is 16.5. The maximum atomic E-state index is 12.1. The molecule has 9 heteroatoms. The number of fused-ring (bicyclic) bond motifs is 3. The van der Waals surface area contributed by atoms with Gasteiger partial charge in [0.1, 0.15) is 18.6 Å². The van der Waals surface area contributed by atoms with Crippen molar-refractivity contribution in [3.63, 3.8) is 0 Å². The van der Waals surface area contributed by atoms with E-state index in [1.165, 1.54) is 6.92 Å². The normalized spacial score (nSPS) is 20.9. The number of amides is 2. The van der Waals surface area contributed by atoms with E-state index in [4.69, 9.17) is 14.2 Å². The van der Waals surface area contributed by atoms with E-state index in [2.05, 4.69) is 34.9 Å². The molecule has 1 aliphatic carbocycles. The first kappa shape index (κ1) is 23.7. The Morgan fingerprint density at radius 2 is 1.74 bits per heavy atom. The van der Waals surface area contributed by atoms with Crippen LogP contribution in [0, 0.1) is 5.41 Å². The molecule has 2 aliphatic rings. The van der Waals surface area contributed by atoms with Crippen molar-refractivity contribution in [2.24, 2.45) is 5.41 Å². The summed E-state index contributed by atoms with van der Waals surface area (Å²) in [5.74, 6) is -1.48. The lowest BCUT2D eigenvalue weighted by Gasteiger charge is -2.25. The Bertz CT molecular complexity index is 1030. The first-order valence-corrected chi connectivity index (χ1v) is 11.2. The zero-order valence-electron chi connectivity index (χ0n) is 18.9. The van der Waals surface area contributed by atoms with Crippen molar-refractivity contribution in [1.82, 2.24) is 10.6 Å². The minimum Gasteiger partial charge on any atom is -0.481 e. The lowest BCUT2D eigenvalue weighted by atomic mass is 9.85. The fourth-order valence-electron chi connectivity index (χ4n) is 4.36. The molecule has 2 unspecified atom stereocenters. The third-order valence-corrected chi connectivity index (χ3v) is 6.37. The standard InChI is InChI=1S/C25H28N2O7/c1-25(23(29)30)15-33-13-21(25)27-22(28)14-32-11-10-26-24(31)34-12-20-18-8-4-2-6-16(18)17-7-3-5-9-19(17)20/h2-9,20-21H,10-15H2,1H3,(H,26,31)(H,27,28)(H,29,30). The maximum absolute atomic E-state index is 12.1. The second kappa shape index (κ2) is 10.2.